The number of aliphatic hydroxyl groups is 9. The number of rotatable bonds is 70. The Morgan fingerprint density at radius 2 is 0.851 bits per heavy atom. The zero-order chi connectivity index (χ0) is 98.3. The summed E-state index contributed by atoms with van der Waals surface area (Å²) in [5, 5.41) is 116. The maximum atomic E-state index is 14.6. The molecule has 766 valence electrons. The molecule has 5 aliphatic rings. The highest BCUT2D eigenvalue weighted by Crippen LogP contribution is 2.47. The number of amides is 10. The molecule has 0 aromatic carbocycles. The Morgan fingerprint density at radius 3 is 1.28 bits per heavy atom. The molecule has 18 N–H and O–H groups in total. The topological polar surface area (TPSA) is 638 Å². The minimum Gasteiger partial charge on any atom is -0.394 e. The Kier molecular flexibility index (Phi) is 58.6. The fourth-order valence-electron chi connectivity index (χ4n) is 14.8. The van der Waals surface area contributed by atoms with Crippen molar-refractivity contribution in [3.8, 4) is 0 Å². The summed E-state index contributed by atoms with van der Waals surface area (Å²) < 4.78 is 94.3. The Labute approximate surface area is 783 Å². The molecule has 5 rings (SSSR count). The molecule has 0 aliphatic carbocycles. The summed E-state index contributed by atoms with van der Waals surface area (Å²) in [7, 11) is -2.69. The van der Waals surface area contributed by atoms with Crippen LogP contribution in [0.15, 0.2) is 0 Å². The second-order valence-corrected chi connectivity index (χ2v) is 35.5. The van der Waals surface area contributed by atoms with E-state index in [2.05, 4.69) is 57.5 Å². The van der Waals surface area contributed by atoms with Gasteiger partial charge in [-0.25, -0.2) is 13.1 Å². The molecular formula is C84H144N12O36P2. The van der Waals surface area contributed by atoms with Crippen LogP contribution in [0, 0.1) is 19.1 Å². The van der Waals surface area contributed by atoms with Crippen LogP contribution in [0.4, 0.5) is 0 Å². The van der Waals surface area contributed by atoms with Gasteiger partial charge in [0.25, 0.3) is 0 Å². The summed E-state index contributed by atoms with van der Waals surface area (Å²) in [5.41, 5.74) is -1.74. The third-order valence-corrected chi connectivity index (χ3v) is 24.3. The fourth-order valence-corrected chi connectivity index (χ4v) is 16.9. The van der Waals surface area contributed by atoms with Crippen molar-refractivity contribution in [3.05, 3.63) is 22.8 Å². The van der Waals surface area contributed by atoms with Crippen LogP contribution in [0.3, 0.4) is 0 Å². The number of carbonyl (C=O) groups is 11. The van der Waals surface area contributed by atoms with Crippen LogP contribution in [0.5, 0.6) is 0 Å². The monoisotopic (exact) mass is 1960 g/mol. The van der Waals surface area contributed by atoms with E-state index in [0.717, 1.165) is 0 Å². The maximum absolute atomic E-state index is 14.6. The van der Waals surface area contributed by atoms with Gasteiger partial charge in [-0.15, -0.1) is 0 Å². The lowest BCUT2D eigenvalue weighted by molar-refractivity contribution is -0.270. The van der Waals surface area contributed by atoms with E-state index in [1.165, 1.54) is 32.8 Å². The minimum atomic E-state index is -2.25. The molecule has 10 amide bonds. The van der Waals surface area contributed by atoms with E-state index < -0.39 is 233 Å². The lowest BCUT2D eigenvalue weighted by Crippen LogP contribution is -2.64. The molecule has 134 heavy (non-hydrogen) atoms. The summed E-state index contributed by atoms with van der Waals surface area (Å²) in [6.07, 6.45) is -12.3. The van der Waals surface area contributed by atoms with E-state index in [1.807, 2.05) is 6.92 Å². The number of hydrogen-bond donors (Lipinski definition) is 18. The highest BCUT2D eigenvalue weighted by Gasteiger charge is 2.49. The molecule has 0 spiro atoms. The number of likely N-dealkylation sites (tertiary alicyclic amines) is 1. The molecule has 48 nitrogen and oxygen atoms in total. The number of ether oxygens (including phenoxy) is 10. The van der Waals surface area contributed by atoms with Crippen molar-refractivity contribution in [1.82, 2.24) is 52.8 Å². The average molecular weight is 1960 g/mol. The van der Waals surface area contributed by atoms with E-state index in [-0.39, 0.29) is 193 Å². The predicted molar refractivity (Wildman–Crippen MR) is 471 cm³/mol. The lowest BCUT2D eigenvalue weighted by Gasteiger charge is -2.43. The largest absolute Gasteiger partial charge is 0.394 e. The summed E-state index contributed by atoms with van der Waals surface area (Å²) in [4.78, 5) is 151. The molecular weight excluding hydrogens is 1810 g/mol. The normalized spacial score (nSPS) is 26.5. The number of carbonyl (C=O) groups excluding carboxylic acids is 11. The van der Waals surface area contributed by atoms with Gasteiger partial charge >= 0.3 is 17.2 Å². The van der Waals surface area contributed by atoms with Gasteiger partial charge in [0.1, 0.15) is 91.9 Å². The van der Waals surface area contributed by atoms with E-state index in [0.29, 0.717) is 70.6 Å². The summed E-state index contributed by atoms with van der Waals surface area (Å²) in [6.45, 7) is 18.2. The van der Waals surface area contributed by atoms with E-state index in [1.54, 1.807) is 6.92 Å². The maximum Gasteiger partial charge on any atom is 0.333 e. The first-order chi connectivity index (χ1) is 64.3. The van der Waals surface area contributed by atoms with Crippen molar-refractivity contribution in [2.45, 2.75) is 285 Å². The van der Waals surface area contributed by atoms with Gasteiger partial charge in [-0.3, -0.25) is 52.7 Å². The van der Waals surface area contributed by atoms with Crippen LogP contribution in [0.2, 0.25) is 0 Å². The van der Waals surface area contributed by atoms with Crippen LogP contribution in [0.25, 0.3) is 9.69 Å². The SMILES string of the molecule is [C-]#[N+]CCOP(OC)OC1C[C@H](C)O[C@@H]1COP(OCC[N+]#[C-])O[C@@H]1C[C@@H](CO)N(C(=O)CC(=O)NC(COCCC(=O)NCCCCC(=O)CCCCO[C@@H]2OC(CO)[C@H](O)[C@H](O)C2NC(C)=O)(COCCC(=O)NCCCNC(=O)CCCCO[C@@H]2OC(CO)[C@H](O)[C@H](C)C2NC(C)=O)COCCC(=O)NCCCNC(=O)CCCCO[C@@H]2OC(CO)[C@H](O)[C@H](O)C2NC(C)=O)C1. The second kappa shape index (κ2) is 66.7. The van der Waals surface area contributed by atoms with Crippen LogP contribution >= 0.6 is 17.2 Å². The number of ketones is 1. The lowest BCUT2D eigenvalue weighted by atomic mass is 9.89. The van der Waals surface area contributed by atoms with Crippen LogP contribution in [-0.2, 0) is 127 Å². The van der Waals surface area contributed by atoms with Gasteiger partial charge < -0.3 is 183 Å². The Hall–Kier alpha value is -6.79. The number of aliphatic hydroxyl groups excluding tert-OH is 9. The highest BCUT2D eigenvalue weighted by atomic mass is 31.2. The molecule has 0 bridgehead atoms. The van der Waals surface area contributed by atoms with Crippen LogP contribution in [0.1, 0.15) is 163 Å². The molecule has 23 atom stereocenters. The third-order valence-electron chi connectivity index (χ3n) is 21.9. The van der Waals surface area contributed by atoms with E-state index in [4.69, 9.17) is 87.7 Å². The first-order valence-corrected chi connectivity index (χ1v) is 47.8. The molecule has 5 saturated heterocycles. The number of nitrogens with one attached hydrogen (secondary N) is 9. The molecule has 0 aromatic rings. The quantitative estimate of drug-likeness (QED) is 0.0123. The van der Waals surface area contributed by atoms with Gasteiger partial charge in [-0.1, -0.05) is 6.92 Å². The van der Waals surface area contributed by atoms with E-state index >= 15 is 0 Å². The first-order valence-electron chi connectivity index (χ1n) is 45.7. The number of Topliss-reactive ketones (excluding diaryl/α,β-unsaturated/α-hetero) is 1. The third kappa shape index (κ3) is 45.0. The average Bonchev–Trinajstić information content (AvgIpc) is 0.925. The van der Waals surface area contributed by atoms with Crippen LogP contribution < -0.4 is 47.9 Å². The van der Waals surface area contributed by atoms with Crippen molar-refractivity contribution in [3.63, 3.8) is 0 Å². The fraction of sp³-hybridized carbons (Fsp3) is 0.845. The molecule has 0 saturated carbocycles. The van der Waals surface area contributed by atoms with Gasteiger partial charge in [0.05, 0.1) is 109 Å². The summed E-state index contributed by atoms with van der Waals surface area (Å²) in [6, 6.07) is -3.80. The number of nitrogens with zero attached hydrogens (tertiary/aromatic N) is 3. The molecule has 50 heteroatoms. The van der Waals surface area contributed by atoms with Crippen molar-refractivity contribution < 1.29 is 173 Å². The number of hydrogen-bond acceptors (Lipinski definition) is 36. The van der Waals surface area contributed by atoms with Crippen molar-refractivity contribution in [2.24, 2.45) is 5.92 Å². The van der Waals surface area contributed by atoms with Gasteiger partial charge in [0.15, 0.2) is 18.9 Å². The Morgan fingerprint density at radius 1 is 0.440 bits per heavy atom. The molecule has 5 heterocycles. The molecule has 0 aromatic heterocycles. The predicted octanol–water partition coefficient (Wildman–Crippen LogP) is -3.25. The molecule has 10 unspecified atom stereocenters. The summed E-state index contributed by atoms with van der Waals surface area (Å²) >= 11 is 0. The molecule has 5 fully saturated rings. The van der Waals surface area contributed by atoms with Crippen molar-refractivity contribution >= 4 is 82.1 Å². The minimum absolute atomic E-state index is 0.0434. The smallest absolute Gasteiger partial charge is 0.333 e. The van der Waals surface area contributed by atoms with Gasteiger partial charge in [0, 0.05) is 144 Å². The molecule has 5 aliphatic heterocycles. The zero-order valence-electron chi connectivity index (χ0n) is 77.4. The number of unbranched alkanes of at least 4 members (excludes halogenated alkanes) is 4. The zero-order valence-corrected chi connectivity index (χ0v) is 79.2. The van der Waals surface area contributed by atoms with E-state index in [9.17, 15) is 98.7 Å². The van der Waals surface area contributed by atoms with Crippen LogP contribution in [-0.4, -0.2) is 403 Å². The first kappa shape index (κ1) is 118. The van der Waals surface area contributed by atoms with Gasteiger partial charge in [0.2, 0.25) is 72.2 Å². The van der Waals surface area contributed by atoms with Gasteiger partial charge in [-0.2, -0.15) is 0 Å². The standard InChI is InChI=1S/C84H144N12O36P2/c1-53-41-61(132-133(117-8)124-39-31-85-6)65(127-53)49-126-134(125-40-32-86-7)131-60-42-58(45-97)96(44-60)72(111)43-71(110)95-84(50-118-36-23-68(107)87-26-13-9-19-59(104)20-10-14-33-122-82-74(93-56(4)102)79(115)77(113)63(47-99)129-82,51-119-37-24-69(108)90-29-17-27-88-66(105)21-11-15-34-121-81-73(92-55(3)101)54(2)76(112)62(46-98)128-81)52-120-38-25-70(109)91-30-18-28-89-67(106)22-12-16-35-123-83-75(94-57(5)103)80(116)78(114)64(48-100)130-83/h53-54,58,60-65,73-83,97-100,112-116H,9-52H2,1-5,8H3,(H,87,107)(H,88,105)(H,89,106)(H,90,108)(H,91,109)(H,92,101)(H,93,102)(H,94,103)(H,95,110)/t53-,54+,58-,60+,61?,62?,63?,64?,65+,73?,74?,75?,76+,77-,78-,79+,80+,81+,82+,83+,84?,133?,134?/m0/s1. The van der Waals surface area contributed by atoms with Crippen molar-refractivity contribution in [1.29, 1.82) is 0 Å². The highest BCUT2D eigenvalue weighted by molar-refractivity contribution is 7.42. The Bertz CT molecular complexity index is 3330. The second-order valence-electron chi connectivity index (χ2n) is 33.1. The van der Waals surface area contributed by atoms with Gasteiger partial charge in [-0.05, 0) is 77.6 Å². The molecule has 0 radical (unpaired) electrons. The Balaban J connectivity index is 1.22. The van der Waals surface area contributed by atoms with Crippen molar-refractivity contribution in [2.75, 3.05) is 165 Å². The summed E-state index contributed by atoms with van der Waals surface area (Å²) in [5.74, 6) is -5.48.